The van der Waals surface area contributed by atoms with Crippen LogP contribution >= 0.6 is 7.82 Å². The molecule has 8 nitrogen and oxygen atoms in total. The molecule has 0 aromatic carbocycles. The summed E-state index contributed by atoms with van der Waals surface area (Å²) >= 11 is 0. The van der Waals surface area contributed by atoms with Crippen molar-refractivity contribution in [1.82, 2.24) is 0 Å². The summed E-state index contributed by atoms with van der Waals surface area (Å²) in [6, 6.07) is 0. The molecule has 0 aromatic heterocycles. The molecular formula is C20H46N2O6P+. The van der Waals surface area contributed by atoms with Crippen LogP contribution in [0.5, 0.6) is 0 Å². The smallest absolute Gasteiger partial charge is 0.388 e. The van der Waals surface area contributed by atoms with Gasteiger partial charge in [-0.25, -0.2) is 4.57 Å². The highest BCUT2D eigenvalue weighted by Crippen LogP contribution is 2.43. The fourth-order valence-electron chi connectivity index (χ4n) is 2.68. The van der Waals surface area contributed by atoms with Crippen LogP contribution in [0.2, 0.25) is 0 Å². The van der Waals surface area contributed by atoms with Gasteiger partial charge in [0.25, 0.3) is 0 Å². The topological polar surface area (TPSA) is 111 Å². The zero-order chi connectivity index (χ0) is 22.0. The van der Waals surface area contributed by atoms with E-state index in [-0.39, 0.29) is 19.8 Å². The van der Waals surface area contributed by atoms with Crippen molar-refractivity contribution in [2.24, 2.45) is 5.73 Å². The average Bonchev–Trinajstić information content (AvgIpc) is 2.62. The highest BCUT2D eigenvalue weighted by Gasteiger charge is 2.24. The Morgan fingerprint density at radius 3 is 1.86 bits per heavy atom. The van der Waals surface area contributed by atoms with E-state index in [2.05, 4.69) is 0 Å². The molecule has 0 aliphatic rings. The molecule has 0 saturated heterocycles. The van der Waals surface area contributed by atoms with E-state index >= 15 is 0 Å². The van der Waals surface area contributed by atoms with Crippen LogP contribution in [0.15, 0.2) is 0 Å². The van der Waals surface area contributed by atoms with Crippen LogP contribution in [0.4, 0.5) is 0 Å². The second-order valence-electron chi connectivity index (χ2n) is 8.66. The molecule has 176 valence electrons. The Bertz CT molecular complexity index is 420. The zero-order valence-electron chi connectivity index (χ0n) is 18.9. The minimum absolute atomic E-state index is 0.0850. The molecule has 0 rings (SSSR count). The van der Waals surface area contributed by atoms with Crippen molar-refractivity contribution in [3.8, 4) is 0 Å². The lowest BCUT2D eigenvalue weighted by Crippen LogP contribution is -2.37. The molecule has 1 unspecified atom stereocenters. The fourth-order valence-corrected chi connectivity index (χ4v) is 3.43. The van der Waals surface area contributed by atoms with Crippen LogP contribution in [-0.2, 0) is 18.3 Å². The van der Waals surface area contributed by atoms with Gasteiger partial charge >= 0.3 is 7.82 Å². The molecule has 0 spiro atoms. The van der Waals surface area contributed by atoms with E-state index in [4.69, 9.17) is 19.5 Å². The Labute approximate surface area is 177 Å². The number of likely N-dealkylation sites (N-methyl/N-ethyl adjacent to an activating group) is 1. The van der Waals surface area contributed by atoms with E-state index in [0.29, 0.717) is 17.6 Å². The van der Waals surface area contributed by atoms with Gasteiger partial charge in [0.15, 0.2) is 0 Å². The predicted molar refractivity (Wildman–Crippen MR) is 117 cm³/mol. The number of phosphoric ester groups is 1. The van der Waals surface area contributed by atoms with E-state index in [1.807, 2.05) is 21.1 Å². The van der Waals surface area contributed by atoms with Gasteiger partial charge in [-0.3, -0.25) is 9.05 Å². The van der Waals surface area contributed by atoms with Gasteiger partial charge in [-0.15, -0.1) is 0 Å². The normalized spacial score (nSPS) is 15.4. The maximum atomic E-state index is 11.7. The molecule has 9 heteroatoms. The van der Waals surface area contributed by atoms with Crippen molar-refractivity contribution in [2.45, 2.75) is 70.3 Å². The lowest BCUT2D eigenvalue weighted by Gasteiger charge is -2.24. The second kappa shape index (κ2) is 17.6. The Morgan fingerprint density at radius 2 is 1.34 bits per heavy atom. The highest BCUT2D eigenvalue weighted by molar-refractivity contribution is 7.47. The van der Waals surface area contributed by atoms with Crippen molar-refractivity contribution in [3.63, 3.8) is 0 Å². The Morgan fingerprint density at radius 1 is 0.828 bits per heavy atom. The monoisotopic (exact) mass is 441 g/mol. The number of aliphatic hydroxyl groups excluding tert-OH is 1. The summed E-state index contributed by atoms with van der Waals surface area (Å²) in [6.45, 7) is 1.87. The summed E-state index contributed by atoms with van der Waals surface area (Å²) < 4.78 is 27.5. The van der Waals surface area contributed by atoms with Crippen LogP contribution < -0.4 is 5.73 Å². The van der Waals surface area contributed by atoms with Gasteiger partial charge in [-0.1, -0.05) is 51.4 Å². The molecule has 0 amide bonds. The number of unbranched alkanes of at least 4 members (excludes halogenated alkanes) is 9. The quantitative estimate of drug-likeness (QED) is 0.143. The van der Waals surface area contributed by atoms with E-state index in [1.165, 1.54) is 44.9 Å². The third-order valence-electron chi connectivity index (χ3n) is 4.50. The Balaban J connectivity index is 3.47. The summed E-state index contributed by atoms with van der Waals surface area (Å²) in [5, 5.41) is 9.80. The number of ether oxygens (including phenoxy) is 1. The first-order valence-corrected chi connectivity index (χ1v) is 12.5. The average molecular weight is 442 g/mol. The molecule has 0 aromatic rings. The van der Waals surface area contributed by atoms with E-state index in [0.717, 1.165) is 25.8 Å². The first kappa shape index (κ1) is 28.9. The summed E-state index contributed by atoms with van der Waals surface area (Å²) in [5.41, 5.74) is 5.48. The highest BCUT2D eigenvalue weighted by atomic mass is 31.2. The van der Waals surface area contributed by atoms with Crippen LogP contribution in [0.1, 0.15) is 64.2 Å². The van der Waals surface area contributed by atoms with Crippen LogP contribution in [0, 0.1) is 0 Å². The first-order chi connectivity index (χ1) is 13.7. The number of aliphatic hydroxyl groups is 1. The van der Waals surface area contributed by atoms with Crippen LogP contribution in [0.25, 0.3) is 0 Å². The summed E-state index contributed by atoms with van der Waals surface area (Å²) in [7, 11) is 1.74. The van der Waals surface area contributed by atoms with Crippen LogP contribution in [0.3, 0.4) is 0 Å². The number of nitrogens with two attached hydrogens (primary N) is 1. The van der Waals surface area contributed by atoms with Gasteiger partial charge in [-0.2, -0.15) is 0 Å². The number of nitrogens with zero attached hydrogens (tertiary/aromatic N) is 1. The molecule has 4 N–H and O–H groups in total. The van der Waals surface area contributed by atoms with Gasteiger partial charge in [-0.05, 0) is 19.4 Å². The number of rotatable bonds is 21. The lowest BCUT2D eigenvalue weighted by molar-refractivity contribution is -0.870. The largest absolute Gasteiger partial charge is 0.472 e. The summed E-state index contributed by atoms with van der Waals surface area (Å²) in [4.78, 5) is 9.59. The maximum absolute atomic E-state index is 11.7. The van der Waals surface area contributed by atoms with Gasteiger partial charge < -0.3 is 25.0 Å². The van der Waals surface area contributed by atoms with Crippen molar-refractivity contribution in [3.05, 3.63) is 0 Å². The SMILES string of the molecule is C[N+](C)(C)CCOP(=O)(O)OC[C@H](O)COCCCCCCCCCCCCN. The molecular weight excluding hydrogens is 395 g/mol. The minimum Gasteiger partial charge on any atom is -0.388 e. The molecule has 2 atom stereocenters. The molecule has 0 heterocycles. The van der Waals surface area contributed by atoms with Crippen molar-refractivity contribution in [1.29, 1.82) is 0 Å². The van der Waals surface area contributed by atoms with Crippen LogP contribution in [-0.4, -0.2) is 81.2 Å². The maximum Gasteiger partial charge on any atom is 0.472 e. The second-order valence-corrected chi connectivity index (χ2v) is 10.1. The van der Waals surface area contributed by atoms with Gasteiger partial charge in [0.2, 0.25) is 0 Å². The molecule has 0 radical (unpaired) electrons. The van der Waals surface area contributed by atoms with Gasteiger partial charge in [0.1, 0.15) is 19.3 Å². The summed E-state index contributed by atoms with van der Waals surface area (Å²) in [5.74, 6) is 0. The third-order valence-corrected chi connectivity index (χ3v) is 5.48. The fraction of sp³-hybridized carbons (Fsp3) is 1.00. The van der Waals surface area contributed by atoms with E-state index in [9.17, 15) is 14.6 Å². The number of hydrogen-bond acceptors (Lipinski definition) is 6. The third kappa shape index (κ3) is 22.5. The predicted octanol–water partition coefficient (Wildman–Crippen LogP) is 3.06. The molecule has 29 heavy (non-hydrogen) atoms. The minimum atomic E-state index is -4.14. The lowest BCUT2D eigenvalue weighted by atomic mass is 10.1. The van der Waals surface area contributed by atoms with Gasteiger partial charge in [0, 0.05) is 6.61 Å². The first-order valence-electron chi connectivity index (χ1n) is 11.0. The molecule has 0 bridgehead atoms. The summed E-state index contributed by atoms with van der Waals surface area (Å²) in [6.07, 6.45) is 11.2. The van der Waals surface area contributed by atoms with Crippen molar-refractivity contribution >= 4 is 7.82 Å². The molecule has 0 fully saturated rings. The van der Waals surface area contributed by atoms with E-state index in [1.54, 1.807) is 0 Å². The van der Waals surface area contributed by atoms with E-state index < -0.39 is 13.9 Å². The Kier molecular flexibility index (Phi) is 17.6. The number of phosphoric acid groups is 1. The molecule has 0 aliphatic heterocycles. The number of hydrogen-bond donors (Lipinski definition) is 3. The van der Waals surface area contributed by atoms with Gasteiger partial charge in [0.05, 0.1) is 34.4 Å². The van der Waals surface area contributed by atoms with Crippen molar-refractivity contribution in [2.75, 3.05) is 60.7 Å². The molecule has 0 aliphatic carbocycles. The Hall–Kier alpha value is -0.0500. The molecule has 0 saturated carbocycles. The standard InChI is InChI=1S/C20H45N2O6P/c1-22(2,3)15-17-27-29(24,25)28-19-20(23)18-26-16-13-11-9-7-5-4-6-8-10-12-14-21/h20,23H,4-19,21H2,1-3H3/p+1/t20-/m1/s1. The zero-order valence-corrected chi connectivity index (χ0v) is 19.8. The van der Waals surface area contributed by atoms with Crippen molar-refractivity contribution < 1.29 is 32.8 Å². The number of quaternary nitrogens is 1.